The number of benzene rings is 2. The van der Waals surface area contributed by atoms with Gasteiger partial charge in [0.15, 0.2) is 0 Å². The zero-order chi connectivity index (χ0) is 50.9. The number of carbonyl (C=O) groups excluding carboxylic acids is 5. The van der Waals surface area contributed by atoms with Gasteiger partial charge in [-0.1, -0.05) is 26.0 Å². The van der Waals surface area contributed by atoms with Gasteiger partial charge in [0.2, 0.25) is 11.8 Å². The number of aliphatic carboxylic acids is 1. The van der Waals surface area contributed by atoms with E-state index in [0.717, 1.165) is 79.6 Å². The number of rotatable bonds is 8. The smallest absolute Gasteiger partial charge is 0.394 e. The Morgan fingerprint density at radius 2 is 1.28 bits per heavy atom. The van der Waals surface area contributed by atoms with Crippen molar-refractivity contribution in [2.45, 2.75) is 51.6 Å². The molecule has 0 saturated carbocycles. The number of piperidine rings is 2. The number of aromatic nitrogens is 2. The number of halogens is 1. The fourth-order valence-electron chi connectivity index (χ4n) is 7.95. The van der Waals surface area contributed by atoms with Gasteiger partial charge in [0, 0.05) is 25.7 Å². The first-order valence-electron chi connectivity index (χ1n) is 22.7. The van der Waals surface area contributed by atoms with Crippen LogP contribution in [0.1, 0.15) is 84.8 Å². The maximum absolute atomic E-state index is 13.2. The number of alkyl halides is 1. The molecule has 22 heteroatoms. The number of amides is 5. The van der Waals surface area contributed by atoms with Gasteiger partial charge in [0.25, 0.3) is 11.8 Å². The van der Waals surface area contributed by atoms with Gasteiger partial charge in [0.05, 0.1) is 63.9 Å². The third-order valence-electron chi connectivity index (χ3n) is 11.4. The molecule has 2 aromatic heterocycles. The Bertz CT molecular complexity index is 2510. The van der Waals surface area contributed by atoms with E-state index in [9.17, 15) is 33.2 Å². The Hall–Kier alpha value is -7.75. The molecule has 0 bridgehead atoms. The fraction of sp³-hybridized carbons (Fsp3) is 0.404. The predicted molar refractivity (Wildman–Crippen MR) is 253 cm³/mol. The van der Waals surface area contributed by atoms with Gasteiger partial charge in [-0.15, -0.1) is 0 Å². The molecule has 10 N–H and O–H groups in total. The third-order valence-corrected chi connectivity index (χ3v) is 11.4. The number of likely N-dealkylation sites (tertiary alicyclic amines) is 1. The Kier molecular flexibility index (Phi) is 18.2. The van der Waals surface area contributed by atoms with Crippen LogP contribution in [0, 0.1) is 11.8 Å². The molecule has 2 fully saturated rings. The Morgan fingerprint density at radius 1 is 0.768 bits per heavy atom. The molecule has 4 aromatic rings. The van der Waals surface area contributed by atoms with Crippen molar-refractivity contribution in [1.82, 2.24) is 20.2 Å². The van der Waals surface area contributed by atoms with Crippen molar-refractivity contribution in [3.8, 4) is 23.3 Å². The number of nitrogens with one attached hydrogen (secondary N) is 5. The average molecular weight is 960 g/mol. The van der Waals surface area contributed by atoms with Gasteiger partial charge in [-0.25, -0.2) is 14.8 Å². The lowest BCUT2D eigenvalue weighted by Crippen LogP contribution is -2.46. The summed E-state index contributed by atoms with van der Waals surface area (Å²) in [6, 6.07) is 15.2. The molecule has 0 radical (unpaired) electrons. The number of fused-ring (bicyclic) bond motifs is 2. The maximum Gasteiger partial charge on any atom is 0.394 e. The number of pyridine rings is 2. The largest absolute Gasteiger partial charge is 0.490 e. The van der Waals surface area contributed by atoms with E-state index in [2.05, 4.69) is 63.3 Å². The Balaban J connectivity index is 0.000000207. The monoisotopic (exact) mass is 959 g/mol. The number of primary amides is 2. The summed E-state index contributed by atoms with van der Waals surface area (Å²) in [4.78, 5) is 79.2. The summed E-state index contributed by atoms with van der Waals surface area (Å²) in [7, 11) is 1.65. The van der Waals surface area contributed by atoms with E-state index in [0.29, 0.717) is 19.2 Å². The quantitative estimate of drug-likeness (QED) is 0.114. The lowest BCUT2D eigenvalue weighted by atomic mass is 9.89. The van der Waals surface area contributed by atoms with Crippen molar-refractivity contribution in [2.75, 3.05) is 82.0 Å². The van der Waals surface area contributed by atoms with Crippen molar-refractivity contribution < 1.29 is 58.6 Å². The van der Waals surface area contributed by atoms with Crippen LogP contribution in [0.2, 0.25) is 0 Å². The SMILES string of the molecule is CC1CCC(c2ccc3c(c2)OCCN3)NC1.COc1ncc(NC(=O)C(=O)N2C[C@@H](C)CC[C@@H]2c2ccc3c(c2)OCCN3)cc1C(N)=O.COc1ncc(NC(=O)C(=O)O)cc1C(N)=O.[2H]CF. The molecule has 2 saturated heterocycles. The van der Waals surface area contributed by atoms with Crippen LogP contribution in [0.15, 0.2) is 60.9 Å². The zero-order valence-corrected chi connectivity index (χ0v) is 38.8. The average Bonchev–Trinajstić information content (AvgIpc) is 3.36. The van der Waals surface area contributed by atoms with Gasteiger partial charge in [-0.2, -0.15) is 0 Å². The van der Waals surface area contributed by atoms with Crippen LogP contribution < -0.4 is 57.0 Å². The second-order valence-corrected chi connectivity index (χ2v) is 16.4. The van der Waals surface area contributed by atoms with Gasteiger partial charge in [-0.05, 0) is 91.6 Å². The summed E-state index contributed by atoms with van der Waals surface area (Å²) in [5.41, 5.74) is 14.9. The molecule has 2 unspecified atom stereocenters. The van der Waals surface area contributed by atoms with E-state index in [4.69, 9.17) is 36.9 Å². The summed E-state index contributed by atoms with van der Waals surface area (Å²) in [6.45, 7) is 8.95. The first-order valence-corrected chi connectivity index (χ1v) is 22.0. The summed E-state index contributed by atoms with van der Waals surface area (Å²) in [5.74, 6) is -3.06. The molecule has 21 nitrogen and oxygen atoms in total. The Morgan fingerprint density at radius 3 is 1.77 bits per heavy atom. The first-order chi connectivity index (χ1) is 33.6. The summed E-state index contributed by atoms with van der Waals surface area (Å²) in [6.07, 6.45) is 6.67. The van der Waals surface area contributed by atoms with Crippen LogP contribution in [-0.2, 0) is 19.2 Å². The molecule has 0 aliphatic carbocycles. The molecule has 370 valence electrons. The summed E-state index contributed by atoms with van der Waals surface area (Å²) >= 11 is 0. The minimum atomic E-state index is -1.65. The molecule has 5 amide bonds. The summed E-state index contributed by atoms with van der Waals surface area (Å²) in [5, 5.41) is 23.2. The van der Waals surface area contributed by atoms with Crippen molar-refractivity contribution in [2.24, 2.45) is 23.3 Å². The maximum atomic E-state index is 13.2. The highest BCUT2D eigenvalue weighted by molar-refractivity contribution is 6.39. The van der Waals surface area contributed by atoms with Gasteiger partial charge < -0.3 is 67.0 Å². The molecule has 69 heavy (non-hydrogen) atoms. The molecule has 8 rings (SSSR count). The summed E-state index contributed by atoms with van der Waals surface area (Å²) < 4.78 is 36.7. The molecular weight excluding hydrogens is 900 g/mol. The number of anilines is 4. The van der Waals surface area contributed by atoms with Gasteiger partial charge in [-0.3, -0.25) is 28.4 Å². The predicted octanol–water partition coefficient (Wildman–Crippen LogP) is 4.28. The van der Waals surface area contributed by atoms with Gasteiger partial charge in [0.1, 0.15) is 35.8 Å². The number of hydrogen-bond donors (Lipinski definition) is 8. The molecule has 0 spiro atoms. The highest BCUT2D eigenvalue weighted by Gasteiger charge is 2.35. The lowest BCUT2D eigenvalue weighted by Gasteiger charge is -2.39. The van der Waals surface area contributed by atoms with Crippen LogP contribution in [0.25, 0.3) is 0 Å². The molecule has 2 aromatic carbocycles. The van der Waals surface area contributed by atoms with Crippen molar-refractivity contribution in [3.05, 3.63) is 83.2 Å². The minimum absolute atomic E-state index is 0.00850. The van der Waals surface area contributed by atoms with Crippen LogP contribution >= 0.6 is 0 Å². The van der Waals surface area contributed by atoms with Crippen molar-refractivity contribution in [1.29, 1.82) is 0 Å². The van der Waals surface area contributed by atoms with E-state index in [-0.39, 0.29) is 46.2 Å². The molecular formula is C47H59FN10O11. The second kappa shape index (κ2) is 24.9. The normalized spacial score (nSPS) is 18.8. The van der Waals surface area contributed by atoms with Crippen LogP contribution in [-0.4, -0.2) is 116 Å². The number of nitrogens with two attached hydrogens (primary N) is 2. The van der Waals surface area contributed by atoms with E-state index in [1.807, 2.05) is 23.5 Å². The highest BCUT2D eigenvalue weighted by atomic mass is 19.1. The van der Waals surface area contributed by atoms with E-state index >= 15 is 0 Å². The van der Waals surface area contributed by atoms with Crippen LogP contribution in [0.5, 0.6) is 23.3 Å². The zero-order valence-electron chi connectivity index (χ0n) is 39.8. The number of carboxylic acids is 1. The molecule has 4 aliphatic heterocycles. The molecule has 6 heterocycles. The second-order valence-electron chi connectivity index (χ2n) is 16.4. The van der Waals surface area contributed by atoms with Crippen LogP contribution in [0.4, 0.5) is 27.1 Å². The number of carbonyl (C=O) groups is 6. The number of carboxylic acid groups (broad SMARTS) is 1. The highest BCUT2D eigenvalue weighted by Crippen LogP contribution is 2.38. The molecule has 4 atom stereocenters. The number of hydrogen-bond acceptors (Lipinski definition) is 15. The Labute approximate surface area is 399 Å². The third kappa shape index (κ3) is 13.9. The molecule has 4 aliphatic rings. The van der Waals surface area contributed by atoms with Gasteiger partial charge >= 0.3 is 23.7 Å². The fourth-order valence-corrected chi connectivity index (χ4v) is 7.95. The van der Waals surface area contributed by atoms with E-state index in [1.165, 1.54) is 51.0 Å². The van der Waals surface area contributed by atoms with Crippen molar-refractivity contribution >= 4 is 58.3 Å². The first kappa shape index (κ1) is 50.7. The number of nitrogens with zero attached hydrogens (tertiary/aromatic N) is 3. The van der Waals surface area contributed by atoms with E-state index < -0.39 is 42.7 Å². The number of ether oxygens (including phenoxy) is 4. The topological polar surface area (TPSA) is 301 Å². The van der Waals surface area contributed by atoms with Crippen LogP contribution in [0.3, 0.4) is 0 Å². The minimum Gasteiger partial charge on any atom is -0.490 e. The standard InChI is InChI=1S/C23H27N5O5.C14H20N2O.C9H9N3O5.CH3F/c1-13-3-6-18(14-4-5-17-19(9-14)33-8-7-25-17)28(12-13)23(31)21(30)27-15-10-16(20(24)29)22(32-2)26-11-15;1-10-2-4-12(16-9-10)11-3-5-13-14(8-11)17-7-6-15-13;1-17-8-5(6(10)13)2-4(3-11-8)12-7(14)9(15)16;1-2/h4-5,9-11,13,18,25H,3,6-8,12H2,1-2H3,(H2,24,29)(H,27,30);3,5,8,10,12,15-16H,2,4,6-7,9H2,1H3;2-3H,1H3,(H2,10,13)(H,12,14)(H,15,16);1H3/t13-,18+;;;/m0.../s1/i;;;1D. The lowest BCUT2D eigenvalue weighted by molar-refractivity contribution is -0.147. The van der Waals surface area contributed by atoms with E-state index in [1.54, 1.807) is 4.90 Å². The van der Waals surface area contributed by atoms with Crippen molar-refractivity contribution in [3.63, 3.8) is 0 Å². The number of methoxy groups -OCH3 is 2.